The van der Waals surface area contributed by atoms with E-state index in [0.29, 0.717) is 17.3 Å². The first kappa shape index (κ1) is 18.2. The minimum atomic E-state index is -0.308. The van der Waals surface area contributed by atoms with Gasteiger partial charge in [-0.2, -0.15) is 0 Å². The molecule has 3 aromatic heterocycles. The monoisotopic (exact) mass is 389 g/mol. The van der Waals surface area contributed by atoms with Gasteiger partial charge in [-0.3, -0.25) is 14.3 Å². The minimum absolute atomic E-state index is 0.0565. The van der Waals surface area contributed by atoms with E-state index in [1.807, 2.05) is 47.9 Å². The summed E-state index contributed by atoms with van der Waals surface area (Å²) in [6.45, 7) is 6.28. The van der Waals surface area contributed by atoms with Gasteiger partial charge in [0, 0.05) is 47.2 Å². The van der Waals surface area contributed by atoms with Gasteiger partial charge in [-0.1, -0.05) is 36.0 Å². The van der Waals surface area contributed by atoms with Gasteiger partial charge in [0.2, 0.25) is 0 Å². The summed E-state index contributed by atoms with van der Waals surface area (Å²) in [5.74, 6) is 0.789. The van der Waals surface area contributed by atoms with Crippen molar-refractivity contribution >= 4 is 28.4 Å². The van der Waals surface area contributed by atoms with Crippen molar-refractivity contribution < 1.29 is 4.79 Å². The number of benzene rings is 1. The molecular formula is C21H19N5OS. The molecule has 3 heterocycles. The summed E-state index contributed by atoms with van der Waals surface area (Å²) in [6.07, 6.45) is 7.02. The molecule has 0 bridgehead atoms. The Bertz CT molecular complexity index is 1130. The molecule has 1 aromatic carbocycles. The molecule has 0 fully saturated rings. The van der Waals surface area contributed by atoms with E-state index < -0.39 is 0 Å². The van der Waals surface area contributed by atoms with Crippen molar-refractivity contribution in [3.05, 3.63) is 73.2 Å². The predicted octanol–water partition coefficient (Wildman–Crippen LogP) is 4.37. The molecule has 1 N–H and O–H groups in total. The van der Waals surface area contributed by atoms with Gasteiger partial charge in [0.05, 0.1) is 5.25 Å². The molecule has 0 saturated carbocycles. The number of thioether (sulfide) groups is 1. The lowest BCUT2D eigenvalue weighted by atomic mass is 10.1. The fraction of sp³-hybridized carbons (Fsp3) is 0.143. The van der Waals surface area contributed by atoms with Crippen LogP contribution < -0.4 is 0 Å². The molecule has 4 rings (SSSR count). The van der Waals surface area contributed by atoms with Crippen LogP contribution in [-0.2, 0) is 6.54 Å². The number of nitrogens with one attached hydrogen (secondary N) is 1. The Morgan fingerprint density at radius 1 is 1.25 bits per heavy atom. The molecule has 0 aliphatic carbocycles. The fourth-order valence-corrected chi connectivity index (χ4v) is 4.02. The summed E-state index contributed by atoms with van der Waals surface area (Å²) in [5.41, 5.74) is 2.57. The second-order valence-electron chi connectivity index (χ2n) is 6.31. The Labute approximate surface area is 166 Å². The van der Waals surface area contributed by atoms with Gasteiger partial charge in [0.25, 0.3) is 0 Å². The van der Waals surface area contributed by atoms with Crippen LogP contribution in [-0.4, -0.2) is 35.8 Å². The maximum Gasteiger partial charge on any atom is 0.192 e. The highest BCUT2D eigenvalue weighted by molar-refractivity contribution is 8.00. The molecule has 0 radical (unpaired) electrons. The van der Waals surface area contributed by atoms with Crippen molar-refractivity contribution in [2.24, 2.45) is 0 Å². The van der Waals surface area contributed by atoms with Gasteiger partial charge in [-0.05, 0) is 25.1 Å². The number of ketones is 1. The van der Waals surface area contributed by atoms with Gasteiger partial charge < -0.3 is 4.98 Å². The summed E-state index contributed by atoms with van der Waals surface area (Å²) in [6, 6.07) is 11.6. The third-order valence-corrected chi connectivity index (χ3v) is 5.55. The Hall–Kier alpha value is -3.19. The van der Waals surface area contributed by atoms with Crippen molar-refractivity contribution in [1.29, 1.82) is 0 Å². The Kier molecular flexibility index (Phi) is 5.08. The molecule has 0 aliphatic heterocycles. The number of fused-ring (bicyclic) bond motifs is 1. The molecule has 1 unspecified atom stereocenters. The van der Waals surface area contributed by atoms with Crippen LogP contribution in [0.15, 0.2) is 72.8 Å². The van der Waals surface area contributed by atoms with E-state index >= 15 is 0 Å². The summed E-state index contributed by atoms with van der Waals surface area (Å²) >= 11 is 1.40. The van der Waals surface area contributed by atoms with Crippen molar-refractivity contribution in [2.75, 3.05) is 0 Å². The first-order valence-corrected chi connectivity index (χ1v) is 9.78. The van der Waals surface area contributed by atoms with E-state index in [-0.39, 0.29) is 11.0 Å². The molecule has 0 amide bonds. The van der Waals surface area contributed by atoms with Crippen LogP contribution in [0.5, 0.6) is 0 Å². The van der Waals surface area contributed by atoms with Gasteiger partial charge in [0.15, 0.2) is 16.8 Å². The number of nitrogens with zero attached hydrogens (tertiary/aromatic N) is 4. The molecule has 28 heavy (non-hydrogen) atoms. The highest BCUT2D eigenvalue weighted by Gasteiger charge is 2.23. The number of pyridine rings is 1. The second kappa shape index (κ2) is 7.82. The highest BCUT2D eigenvalue weighted by atomic mass is 32.2. The number of Topliss-reactive ketones (excluding diaryl/α,β-unsaturated/α-hetero) is 1. The maximum absolute atomic E-state index is 13.0. The van der Waals surface area contributed by atoms with Gasteiger partial charge in [-0.15, -0.1) is 16.8 Å². The molecule has 0 spiro atoms. The minimum Gasteiger partial charge on any atom is -0.360 e. The van der Waals surface area contributed by atoms with E-state index in [4.69, 9.17) is 0 Å². The fourth-order valence-electron chi connectivity index (χ4n) is 3.09. The standard InChI is InChI=1S/C21H19N5OS/c1-3-12-26-20(15-8-10-22-11-9-15)24-25-21(26)28-14(2)19(27)17-13-23-18-7-5-4-6-16(17)18/h3-11,13-14,23H,1,12H2,2H3. The summed E-state index contributed by atoms with van der Waals surface area (Å²) in [7, 11) is 0. The summed E-state index contributed by atoms with van der Waals surface area (Å²) < 4.78 is 1.96. The van der Waals surface area contributed by atoms with Gasteiger partial charge in [-0.25, -0.2) is 0 Å². The molecule has 6 nitrogen and oxygen atoms in total. The van der Waals surface area contributed by atoms with Crippen molar-refractivity contribution in [1.82, 2.24) is 24.7 Å². The lowest BCUT2D eigenvalue weighted by Gasteiger charge is -2.11. The SMILES string of the molecule is C=CCn1c(SC(C)C(=O)c2c[nH]c3ccccc23)nnc1-c1ccncc1. The largest absolute Gasteiger partial charge is 0.360 e. The summed E-state index contributed by atoms with van der Waals surface area (Å²) in [4.78, 5) is 20.3. The van der Waals surface area contributed by atoms with Crippen molar-refractivity contribution in [2.45, 2.75) is 23.9 Å². The van der Waals surface area contributed by atoms with Crippen LogP contribution in [0.3, 0.4) is 0 Å². The predicted molar refractivity (Wildman–Crippen MR) is 111 cm³/mol. The Morgan fingerprint density at radius 2 is 2.04 bits per heavy atom. The lowest BCUT2D eigenvalue weighted by molar-refractivity contribution is 0.0995. The number of hydrogen-bond donors (Lipinski definition) is 1. The average molecular weight is 389 g/mol. The lowest BCUT2D eigenvalue weighted by Crippen LogP contribution is -2.14. The Balaban J connectivity index is 1.62. The van der Waals surface area contributed by atoms with Gasteiger partial charge in [0.1, 0.15) is 0 Å². The maximum atomic E-state index is 13.0. The molecule has 7 heteroatoms. The summed E-state index contributed by atoms with van der Waals surface area (Å²) in [5, 5.41) is 9.97. The number of H-pyrrole nitrogens is 1. The normalized spacial score (nSPS) is 12.2. The quantitative estimate of drug-likeness (QED) is 0.288. The zero-order valence-electron chi connectivity index (χ0n) is 15.4. The van der Waals surface area contributed by atoms with E-state index in [0.717, 1.165) is 22.3 Å². The zero-order valence-corrected chi connectivity index (χ0v) is 16.2. The molecular weight excluding hydrogens is 370 g/mol. The third kappa shape index (κ3) is 3.36. The topological polar surface area (TPSA) is 76.5 Å². The van der Waals surface area contributed by atoms with Gasteiger partial charge >= 0.3 is 0 Å². The number of aromatic amines is 1. The van der Waals surface area contributed by atoms with E-state index in [1.54, 1.807) is 24.7 Å². The van der Waals surface area contributed by atoms with Crippen LogP contribution in [0, 0.1) is 0 Å². The number of allylic oxidation sites excluding steroid dienone is 1. The Morgan fingerprint density at radius 3 is 2.82 bits per heavy atom. The first-order chi connectivity index (χ1) is 13.7. The average Bonchev–Trinajstić information content (AvgIpc) is 3.33. The molecule has 0 aliphatic rings. The highest BCUT2D eigenvalue weighted by Crippen LogP contribution is 2.29. The van der Waals surface area contributed by atoms with Crippen LogP contribution in [0.25, 0.3) is 22.3 Å². The molecule has 140 valence electrons. The number of carbonyl (C=O) groups excluding carboxylic acids is 1. The van der Waals surface area contributed by atoms with Crippen molar-refractivity contribution in [3.63, 3.8) is 0 Å². The molecule has 1 atom stereocenters. The second-order valence-corrected chi connectivity index (χ2v) is 7.62. The number of para-hydroxylation sites is 1. The van der Waals surface area contributed by atoms with Crippen LogP contribution in [0.1, 0.15) is 17.3 Å². The van der Waals surface area contributed by atoms with E-state index in [9.17, 15) is 4.79 Å². The third-order valence-electron chi connectivity index (χ3n) is 4.47. The van der Waals surface area contributed by atoms with E-state index in [2.05, 4.69) is 26.7 Å². The van der Waals surface area contributed by atoms with Crippen LogP contribution >= 0.6 is 11.8 Å². The number of aromatic nitrogens is 5. The number of carbonyl (C=O) groups is 1. The number of hydrogen-bond acceptors (Lipinski definition) is 5. The van der Waals surface area contributed by atoms with E-state index in [1.165, 1.54) is 11.8 Å². The molecule has 0 saturated heterocycles. The smallest absolute Gasteiger partial charge is 0.192 e. The number of rotatable bonds is 7. The molecule has 4 aromatic rings. The first-order valence-electron chi connectivity index (χ1n) is 8.90. The van der Waals surface area contributed by atoms with Crippen molar-refractivity contribution in [3.8, 4) is 11.4 Å². The van der Waals surface area contributed by atoms with Crippen LogP contribution in [0.4, 0.5) is 0 Å². The van der Waals surface area contributed by atoms with Crippen LogP contribution in [0.2, 0.25) is 0 Å². The zero-order chi connectivity index (χ0) is 19.5.